The van der Waals surface area contributed by atoms with E-state index in [-0.39, 0.29) is 18.9 Å². The van der Waals surface area contributed by atoms with Gasteiger partial charge in [-0.15, -0.1) is 0 Å². The first-order chi connectivity index (χ1) is 11.1. The number of benzene rings is 2. The van der Waals surface area contributed by atoms with Crippen molar-refractivity contribution in [2.75, 3.05) is 6.79 Å². The fourth-order valence-electron chi connectivity index (χ4n) is 2.34. The second-order valence-electron chi connectivity index (χ2n) is 5.29. The lowest BCUT2D eigenvalue weighted by molar-refractivity contribution is 0.174. The number of carbonyl (C=O) groups excluding carboxylic acids is 1. The summed E-state index contributed by atoms with van der Waals surface area (Å²) in [6.45, 7) is 2.56. The number of rotatable bonds is 4. The monoisotopic (exact) mass is 332 g/mol. The molecule has 3 rings (SSSR count). The SMILES string of the molecule is CC(NC(=O)NCc1ccc2c(c1)OCO2)c1cccc(Cl)c1. The summed E-state index contributed by atoms with van der Waals surface area (Å²) in [6, 6.07) is 12.7. The van der Waals surface area contributed by atoms with Crippen molar-refractivity contribution in [1.29, 1.82) is 0 Å². The van der Waals surface area contributed by atoms with Crippen LogP contribution in [0.1, 0.15) is 24.1 Å². The van der Waals surface area contributed by atoms with Crippen molar-refractivity contribution in [3.8, 4) is 11.5 Å². The fraction of sp³-hybridized carbons (Fsp3) is 0.235. The molecule has 0 saturated carbocycles. The van der Waals surface area contributed by atoms with Crippen LogP contribution in [0.5, 0.6) is 11.5 Å². The zero-order chi connectivity index (χ0) is 16.2. The standard InChI is InChI=1S/C17H17ClN2O3/c1-11(13-3-2-4-14(18)8-13)20-17(21)19-9-12-5-6-15-16(7-12)23-10-22-15/h2-8,11H,9-10H2,1H3,(H2,19,20,21). The van der Waals surface area contributed by atoms with Gasteiger partial charge in [-0.3, -0.25) is 0 Å². The number of nitrogens with one attached hydrogen (secondary N) is 2. The van der Waals surface area contributed by atoms with E-state index in [1.807, 2.05) is 43.3 Å². The van der Waals surface area contributed by atoms with Gasteiger partial charge in [0.15, 0.2) is 11.5 Å². The van der Waals surface area contributed by atoms with E-state index in [1.165, 1.54) is 0 Å². The second-order valence-corrected chi connectivity index (χ2v) is 5.73. The van der Waals surface area contributed by atoms with Crippen molar-refractivity contribution in [2.24, 2.45) is 0 Å². The Hall–Kier alpha value is -2.40. The normalized spacial score (nSPS) is 13.5. The van der Waals surface area contributed by atoms with Crippen LogP contribution in [0.3, 0.4) is 0 Å². The third-order valence-corrected chi connectivity index (χ3v) is 3.82. The van der Waals surface area contributed by atoms with Crippen molar-refractivity contribution in [1.82, 2.24) is 10.6 Å². The van der Waals surface area contributed by atoms with Crippen molar-refractivity contribution in [3.05, 3.63) is 58.6 Å². The molecule has 2 aromatic carbocycles. The molecule has 6 heteroatoms. The number of fused-ring (bicyclic) bond motifs is 1. The molecule has 0 radical (unpaired) electrons. The van der Waals surface area contributed by atoms with Gasteiger partial charge in [-0.1, -0.05) is 29.8 Å². The molecule has 0 aromatic heterocycles. The molecule has 0 spiro atoms. The number of ether oxygens (including phenoxy) is 2. The highest BCUT2D eigenvalue weighted by atomic mass is 35.5. The maximum Gasteiger partial charge on any atom is 0.315 e. The van der Waals surface area contributed by atoms with E-state index in [1.54, 1.807) is 6.07 Å². The van der Waals surface area contributed by atoms with Gasteiger partial charge in [0, 0.05) is 11.6 Å². The first-order valence-corrected chi connectivity index (χ1v) is 7.68. The van der Waals surface area contributed by atoms with E-state index in [0.29, 0.717) is 17.3 Å². The smallest absolute Gasteiger partial charge is 0.315 e. The van der Waals surface area contributed by atoms with Crippen LogP contribution in [0.15, 0.2) is 42.5 Å². The summed E-state index contributed by atoms with van der Waals surface area (Å²) in [5, 5.41) is 6.36. The molecule has 0 bridgehead atoms. The summed E-state index contributed by atoms with van der Waals surface area (Å²) in [6.07, 6.45) is 0. The number of hydrogen-bond acceptors (Lipinski definition) is 3. The average molecular weight is 333 g/mol. The molecule has 0 fully saturated rings. The zero-order valence-corrected chi connectivity index (χ0v) is 13.4. The van der Waals surface area contributed by atoms with Crippen LogP contribution >= 0.6 is 11.6 Å². The minimum atomic E-state index is -0.241. The summed E-state index contributed by atoms with van der Waals surface area (Å²) in [7, 11) is 0. The second kappa shape index (κ2) is 6.79. The number of carbonyl (C=O) groups is 1. The van der Waals surface area contributed by atoms with Gasteiger partial charge in [0.1, 0.15) is 0 Å². The van der Waals surface area contributed by atoms with E-state index in [2.05, 4.69) is 10.6 Å². The molecular weight excluding hydrogens is 316 g/mol. The molecule has 0 aliphatic carbocycles. The highest BCUT2D eigenvalue weighted by molar-refractivity contribution is 6.30. The molecular formula is C17H17ClN2O3. The fourth-order valence-corrected chi connectivity index (χ4v) is 2.54. The molecule has 1 unspecified atom stereocenters. The van der Waals surface area contributed by atoms with Gasteiger partial charge < -0.3 is 20.1 Å². The largest absolute Gasteiger partial charge is 0.454 e. The Morgan fingerprint density at radius 3 is 2.87 bits per heavy atom. The third kappa shape index (κ3) is 3.87. The number of amides is 2. The topological polar surface area (TPSA) is 59.6 Å². The Labute approximate surface area is 139 Å². The molecule has 1 atom stereocenters. The quantitative estimate of drug-likeness (QED) is 0.898. The molecule has 5 nitrogen and oxygen atoms in total. The highest BCUT2D eigenvalue weighted by Crippen LogP contribution is 2.32. The van der Waals surface area contributed by atoms with Crippen LogP contribution in [0.2, 0.25) is 5.02 Å². The summed E-state index contributed by atoms with van der Waals surface area (Å²) in [5.41, 5.74) is 1.90. The highest BCUT2D eigenvalue weighted by Gasteiger charge is 2.14. The van der Waals surface area contributed by atoms with Gasteiger partial charge in [-0.2, -0.15) is 0 Å². The van der Waals surface area contributed by atoms with Gasteiger partial charge in [0.2, 0.25) is 6.79 Å². The number of urea groups is 1. The molecule has 1 heterocycles. The summed E-state index contributed by atoms with van der Waals surface area (Å²) < 4.78 is 10.6. The third-order valence-electron chi connectivity index (χ3n) is 3.59. The van der Waals surface area contributed by atoms with Crippen molar-refractivity contribution in [2.45, 2.75) is 19.5 Å². The summed E-state index contributed by atoms with van der Waals surface area (Å²) in [5.74, 6) is 1.43. The van der Waals surface area contributed by atoms with Gasteiger partial charge in [-0.25, -0.2) is 4.79 Å². The van der Waals surface area contributed by atoms with E-state index in [9.17, 15) is 4.79 Å². The Balaban J connectivity index is 1.53. The van der Waals surface area contributed by atoms with Gasteiger partial charge >= 0.3 is 6.03 Å². The Bertz CT molecular complexity index is 721. The average Bonchev–Trinajstić information content (AvgIpc) is 3.00. The lowest BCUT2D eigenvalue weighted by Crippen LogP contribution is -2.36. The lowest BCUT2D eigenvalue weighted by Gasteiger charge is -2.15. The predicted octanol–water partition coefficient (Wildman–Crippen LogP) is 3.63. The van der Waals surface area contributed by atoms with Gasteiger partial charge in [0.05, 0.1) is 6.04 Å². The van der Waals surface area contributed by atoms with Crippen LogP contribution in [-0.4, -0.2) is 12.8 Å². The van der Waals surface area contributed by atoms with E-state index < -0.39 is 0 Å². The van der Waals surface area contributed by atoms with Crippen molar-refractivity contribution < 1.29 is 14.3 Å². The maximum atomic E-state index is 12.0. The molecule has 2 aromatic rings. The lowest BCUT2D eigenvalue weighted by atomic mass is 10.1. The van der Waals surface area contributed by atoms with Crippen molar-refractivity contribution in [3.63, 3.8) is 0 Å². The van der Waals surface area contributed by atoms with E-state index in [4.69, 9.17) is 21.1 Å². The summed E-state index contributed by atoms with van der Waals surface area (Å²) >= 11 is 5.96. The molecule has 0 saturated heterocycles. The Kier molecular flexibility index (Phi) is 4.57. The molecule has 2 N–H and O–H groups in total. The van der Waals surface area contributed by atoms with Crippen LogP contribution in [0.25, 0.3) is 0 Å². The van der Waals surface area contributed by atoms with E-state index in [0.717, 1.165) is 16.9 Å². The van der Waals surface area contributed by atoms with Crippen LogP contribution in [0, 0.1) is 0 Å². The zero-order valence-electron chi connectivity index (χ0n) is 12.6. The Morgan fingerprint density at radius 1 is 1.22 bits per heavy atom. The number of halogens is 1. The van der Waals surface area contributed by atoms with Gasteiger partial charge in [-0.05, 0) is 42.3 Å². The summed E-state index contributed by atoms with van der Waals surface area (Å²) in [4.78, 5) is 12.0. The molecule has 2 amide bonds. The number of hydrogen-bond donors (Lipinski definition) is 2. The van der Waals surface area contributed by atoms with Crippen LogP contribution < -0.4 is 20.1 Å². The van der Waals surface area contributed by atoms with E-state index >= 15 is 0 Å². The molecule has 120 valence electrons. The molecule has 1 aliphatic heterocycles. The van der Waals surface area contributed by atoms with Crippen LogP contribution in [-0.2, 0) is 6.54 Å². The minimum Gasteiger partial charge on any atom is -0.454 e. The van der Waals surface area contributed by atoms with Gasteiger partial charge in [0.25, 0.3) is 0 Å². The first kappa shape index (κ1) is 15.5. The first-order valence-electron chi connectivity index (χ1n) is 7.30. The maximum absolute atomic E-state index is 12.0. The Morgan fingerprint density at radius 2 is 2.04 bits per heavy atom. The molecule has 23 heavy (non-hydrogen) atoms. The van der Waals surface area contributed by atoms with Crippen LogP contribution in [0.4, 0.5) is 4.79 Å². The predicted molar refractivity (Wildman–Crippen MR) is 87.8 cm³/mol. The molecule has 1 aliphatic rings. The minimum absolute atomic E-state index is 0.134. The van der Waals surface area contributed by atoms with Crippen molar-refractivity contribution >= 4 is 17.6 Å².